The van der Waals surface area contributed by atoms with E-state index < -0.39 is 0 Å². The average molecular weight is 255 g/mol. The number of anilines is 1. The smallest absolute Gasteiger partial charge is 0.152 e. The Morgan fingerprint density at radius 1 is 1.35 bits per heavy atom. The van der Waals surface area contributed by atoms with E-state index in [4.69, 9.17) is 11.6 Å². The van der Waals surface area contributed by atoms with Crippen LogP contribution in [0.1, 0.15) is 51.5 Å². The first-order valence-corrected chi connectivity index (χ1v) is 6.90. The highest BCUT2D eigenvalue weighted by Crippen LogP contribution is 2.21. The van der Waals surface area contributed by atoms with Crippen molar-refractivity contribution in [1.29, 1.82) is 0 Å². The molecule has 0 aliphatic heterocycles. The SMILES string of the molecule is CCCCCCC(C)Nc1cc(C)cnc1Cl. The van der Waals surface area contributed by atoms with Gasteiger partial charge in [-0.05, 0) is 31.9 Å². The van der Waals surface area contributed by atoms with E-state index in [1.165, 1.54) is 32.1 Å². The number of hydrogen-bond acceptors (Lipinski definition) is 2. The highest BCUT2D eigenvalue weighted by atomic mass is 35.5. The van der Waals surface area contributed by atoms with Gasteiger partial charge in [-0.3, -0.25) is 0 Å². The Morgan fingerprint density at radius 3 is 2.82 bits per heavy atom. The quantitative estimate of drug-likeness (QED) is 0.558. The summed E-state index contributed by atoms with van der Waals surface area (Å²) in [6.07, 6.45) is 8.19. The van der Waals surface area contributed by atoms with Crippen LogP contribution in [-0.2, 0) is 0 Å². The average Bonchev–Trinajstić information content (AvgIpc) is 2.29. The molecule has 0 bridgehead atoms. The molecule has 0 spiro atoms. The van der Waals surface area contributed by atoms with Crippen molar-refractivity contribution in [1.82, 2.24) is 4.98 Å². The molecule has 0 aliphatic carbocycles. The Balaban J connectivity index is 2.39. The maximum absolute atomic E-state index is 6.05. The number of nitrogens with one attached hydrogen (secondary N) is 1. The number of halogens is 1. The van der Waals surface area contributed by atoms with Crippen molar-refractivity contribution in [2.45, 2.75) is 58.9 Å². The molecule has 0 aromatic carbocycles. The van der Waals surface area contributed by atoms with Crippen LogP contribution >= 0.6 is 11.6 Å². The molecular weight excluding hydrogens is 232 g/mol. The van der Waals surface area contributed by atoms with Gasteiger partial charge in [0.05, 0.1) is 5.69 Å². The van der Waals surface area contributed by atoms with Crippen LogP contribution in [0.5, 0.6) is 0 Å². The minimum Gasteiger partial charge on any atom is -0.380 e. The molecule has 2 nitrogen and oxygen atoms in total. The van der Waals surface area contributed by atoms with Gasteiger partial charge in [-0.1, -0.05) is 44.2 Å². The van der Waals surface area contributed by atoms with Gasteiger partial charge in [0.15, 0.2) is 5.15 Å². The van der Waals surface area contributed by atoms with E-state index in [2.05, 4.69) is 30.2 Å². The normalized spacial score (nSPS) is 12.5. The third-order valence-corrected chi connectivity index (χ3v) is 3.17. The molecule has 1 heterocycles. The molecule has 96 valence electrons. The summed E-state index contributed by atoms with van der Waals surface area (Å²) < 4.78 is 0. The van der Waals surface area contributed by atoms with Crippen molar-refractivity contribution >= 4 is 17.3 Å². The van der Waals surface area contributed by atoms with Crippen LogP contribution in [0.3, 0.4) is 0 Å². The number of aromatic nitrogens is 1. The van der Waals surface area contributed by atoms with E-state index in [-0.39, 0.29) is 0 Å². The molecule has 1 atom stereocenters. The van der Waals surface area contributed by atoms with Gasteiger partial charge in [-0.25, -0.2) is 4.98 Å². The Hall–Kier alpha value is -0.760. The number of hydrogen-bond donors (Lipinski definition) is 1. The Bertz CT molecular complexity index is 339. The monoisotopic (exact) mass is 254 g/mol. The lowest BCUT2D eigenvalue weighted by Crippen LogP contribution is -2.15. The van der Waals surface area contributed by atoms with Gasteiger partial charge in [0.25, 0.3) is 0 Å². The summed E-state index contributed by atoms with van der Waals surface area (Å²) in [7, 11) is 0. The third kappa shape index (κ3) is 5.40. The van der Waals surface area contributed by atoms with E-state index in [0.717, 1.165) is 11.3 Å². The van der Waals surface area contributed by atoms with Crippen LogP contribution in [-0.4, -0.2) is 11.0 Å². The maximum atomic E-state index is 6.05. The van der Waals surface area contributed by atoms with Crippen molar-refractivity contribution in [3.8, 4) is 0 Å². The molecule has 1 unspecified atom stereocenters. The zero-order chi connectivity index (χ0) is 12.7. The van der Waals surface area contributed by atoms with Gasteiger partial charge in [0.1, 0.15) is 0 Å². The number of aryl methyl sites for hydroxylation is 1. The van der Waals surface area contributed by atoms with E-state index in [1.54, 1.807) is 6.20 Å². The molecule has 0 fully saturated rings. The fourth-order valence-corrected chi connectivity index (χ4v) is 2.03. The molecule has 0 amide bonds. The summed E-state index contributed by atoms with van der Waals surface area (Å²) in [5.41, 5.74) is 2.09. The molecule has 17 heavy (non-hydrogen) atoms. The first-order chi connectivity index (χ1) is 8.13. The van der Waals surface area contributed by atoms with Crippen molar-refractivity contribution in [3.63, 3.8) is 0 Å². The summed E-state index contributed by atoms with van der Waals surface area (Å²) in [4.78, 5) is 4.14. The molecule has 1 rings (SSSR count). The molecule has 1 N–H and O–H groups in total. The zero-order valence-corrected chi connectivity index (χ0v) is 11.8. The van der Waals surface area contributed by atoms with Crippen LogP contribution in [0, 0.1) is 6.92 Å². The van der Waals surface area contributed by atoms with Gasteiger partial charge in [0.2, 0.25) is 0 Å². The number of nitrogens with zero attached hydrogens (tertiary/aromatic N) is 1. The molecule has 3 heteroatoms. The second-order valence-electron chi connectivity index (χ2n) is 4.75. The van der Waals surface area contributed by atoms with Crippen molar-refractivity contribution < 1.29 is 0 Å². The summed E-state index contributed by atoms with van der Waals surface area (Å²) in [5.74, 6) is 0. The minimum absolute atomic E-state index is 0.452. The van der Waals surface area contributed by atoms with Gasteiger partial charge >= 0.3 is 0 Å². The van der Waals surface area contributed by atoms with E-state index in [1.807, 2.05) is 6.92 Å². The molecule has 1 aromatic heterocycles. The molecule has 0 saturated heterocycles. The first kappa shape index (κ1) is 14.3. The first-order valence-electron chi connectivity index (χ1n) is 6.52. The summed E-state index contributed by atoms with van der Waals surface area (Å²) in [5, 5.41) is 4.00. The van der Waals surface area contributed by atoms with Crippen LogP contribution < -0.4 is 5.32 Å². The fourth-order valence-electron chi connectivity index (χ4n) is 1.87. The Morgan fingerprint density at radius 2 is 2.12 bits per heavy atom. The molecule has 1 aromatic rings. The van der Waals surface area contributed by atoms with Gasteiger partial charge in [-0.2, -0.15) is 0 Å². The number of unbranched alkanes of at least 4 members (excludes halogenated alkanes) is 3. The van der Waals surface area contributed by atoms with E-state index in [9.17, 15) is 0 Å². The summed E-state index contributed by atoms with van der Waals surface area (Å²) >= 11 is 6.05. The van der Waals surface area contributed by atoms with Gasteiger partial charge in [0, 0.05) is 12.2 Å². The second-order valence-corrected chi connectivity index (χ2v) is 5.10. The third-order valence-electron chi connectivity index (χ3n) is 2.87. The topological polar surface area (TPSA) is 24.9 Å². The van der Waals surface area contributed by atoms with Crippen LogP contribution in [0.4, 0.5) is 5.69 Å². The molecule has 0 saturated carbocycles. The second kappa shape index (κ2) is 7.54. The molecule has 0 radical (unpaired) electrons. The predicted octanol–water partition coefficient (Wildman–Crippen LogP) is 4.81. The lowest BCUT2D eigenvalue weighted by molar-refractivity contribution is 0.594. The summed E-state index contributed by atoms with van der Waals surface area (Å²) in [6, 6.07) is 2.51. The number of pyridine rings is 1. The Kier molecular flexibility index (Phi) is 6.35. The van der Waals surface area contributed by atoms with Crippen molar-refractivity contribution in [2.75, 3.05) is 5.32 Å². The van der Waals surface area contributed by atoms with Crippen LogP contribution in [0.15, 0.2) is 12.3 Å². The Labute approximate surface area is 110 Å². The van der Waals surface area contributed by atoms with Gasteiger partial charge in [-0.15, -0.1) is 0 Å². The predicted molar refractivity (Wildman–Crippen MR) is 75.8 cm³/mol. The maximum Gasteiger partial charge on any atom is 0.152 e. The molecule has 0 aliphatic rings. The summed E-state index contributed by atoms with van der Waals surface area (Å²) in [6.45, 7) is 6.46. The molecular formula is C14H23ClN2. The highest BCUT2D eigenvalue weighted by molar-refractivity contribution is 6.31. The van der Waals surface area contributed by atoms with Crippen molar-refractivity contribution in [3.05, 3.63) is 23.0 Å². The van der Waals surface area contributed by atoms with E-state index >= 15 is 0 Å². The van der Waals surface area contributed by atoms with Crippen LogP contribution in [0.2, 0.25) is 5.15 Å². The highest BCUT2D eigenvalue weighted by Gasteiger charge is 2.06. The van der Waals surface area contributed by atoms with Gasteiger partial charge < -0.3 is 5.32 Å². The lowest BCUT2D eigenvalue weighted by atomic mass is 10.1. The van der Waals surface area contributed by atoms with E-state index in [0.29, 0.717) is 11.2 Å². The van der Waals surface area contributed by atoms with Crippen molar-refractivity contribution in [2.24, 2.45) is 0 Å². The standard InChI is InChI=1S/C14H23ClN2/c1-4-5-6-7-8-12(3)17-13-9-11(2)10-16-14(13)15/h9-10,12,17H,4-8H2,1-3H3. The van der Waals surface area contributed by atoms with Crippen LogP contribution in [0.25, 0.3) is 0 Å². The lowest BCUT2D eigenvalue weighted by Gasteiger charge is -2.16. The fraction of sp³-hybridized carbons (Fsp3) is 0.643. The largest absolute Gasteiger partial charge is 0.380 e. The zero-order valence-electron chi connectivity index (χ0n) is 11.1. The minimum atomic E-state index is 0.452. The number of rotatable bonds is 7.